The molecule has 9 aromatic carbocycles. The van der Waals surface area contributed by atoms with Gasteiger partial charge in [-0.1, -0.05) is 170 Å². The third-order valence-corrected chi connectivity index (χ3v) is 10.5. The minimum absolute atomic E-state index is 0.897. The Hall–Kier alpha value is -7.16. The van der Waals surface area contributed by atoms with E-state index in [1.54, 1.807) is 0 Å². The zero-order chi connectivity index (χ0) is 35.8. The summed E-state index contributed by atoms with van der Waals surface area (Å²) in [6.07, 6.45) is 0. The normalized spacial score (nSPS) is 11.3. The lowest BCUT2D eigenvalue weighted by atomic mass is 9.93. The molecule has 0 aliphatic carbocycles. The molecule has 10 rings (SSSR count). The molecule has 0 radical (unpaired) electrons. The second kappa shape index (κ2) is 13.4. The molecular formula is C52H35NO. The molecule has 0 saturated carbocycles. The molecule has 0 saturated heterocycles. The first kappa shape index (κ1) is 31.6. The molecule has 0 aliphatic rings. The van der Waals surface area contributed by atoms with Gasteiger partial charge in [0.1, 0.15) is 11.2 Å². The minimum atomic E-state index is 0.897. The fourth-order valence-electron chi connectivity index (χ4n) is 7.86. The van der Waals surface area contributed by atoms with E-state index in [2.05, 4.69) is 217 Å². The SMILES string of the molecule is c1ccc(-c2ccc(N(c3ccc(-c4ccccc4)cc3)c3ccc(-c4cccc5ccc6oc7c(-c8ccccc8)cccc7c6c45)cc3)cc2)cc1. The molecule has 0 amide bonds. The first-order valence-corrected chi connectivity index (χ1v) is 18.4. The van der Waals surface area contributed by atoms with Gasteiger partial charge in [-0.2, -0.15) is 0 Å². The van der Waals surface area contributed by atoms with Crippen LogP contribution in [0.3, 0.4) is 0 Å². The van der Waals surface area contributed by atoms with Crippen molar-refractivity contribution in [2.45, 2.75) is 0 Å². The lowest BCUT2D eigenvalue weighted by Gasteiger charge is -2.26. The van der Waals surface area contributed by atoms with Crippen LogP contribution in [0.5, 0.6) is 0 Å². The summed E-state index contributed by atoms with van der Waals surface area (Å²) in [5.41, 5.74) is 14.5. The number of nitrogens with zero attached hydrogens (tertiary/aromatic N) is 1. The molecule has 0 bridgehead atoms. The van der Waals surface area contributed by atoms with Gasteiger partial charge in [0, 0.05) is 38.8 Å². The molecule has 0 unspecified atom stereocenters. The van der Waals surface area contributed by atoms with Crippen molar-refractivity contribution in [3.05, 3.63) is 212 Å². The summed E-state index contributed by atoms with van der Waals surface area (Å²) in [6, 6.07) is 75.7. The predicted octanol–water partition coefficient (Wildman–Crippen LogP) is 14.9. The predicted molar refractivity (Wildman–Crippen MR) is 228 cm³/mol. The Labute approximate surface area is 314 Å². The van der Waals surface area contributed by atoms with Crippen LogP contribution < -0.4 is 4.90 Å². The quantitative estimate of drug-likeness (QED) is 0.166. The lowest BCUT2D eigenvalue weighted by Crippen LogP contribution is -2.09. The highest BCUT2D eigenvalue weighted by Gasteiger charge is 2.18. The summed E-state index contributed by atoms with van der Waals surface area (Å²) in [6.45, 7) is 0. The molecule has 0 fully saturated rings. The topological polar surface area (TPSA) is 16.4 Å². The van der Waals surface area contributed by atoms with Crippen LogP contribution in [0.1, 0.15) is 0 Å². The molecule has 1 heterocycles. The lowest BCUT2D eigenvalue weighted by molar-refractivity contribution is 0.670. The van der Waals surface area contributed by atoms with Gasteiger partial charge in [0.15, 0.2) is 0 Å². The first-order chi connectivity index (χ1) is 26.8. The van der Waals surface area contributed by atoms with Crippen molar-refractivity contribution in [3.8, 4) is 44.5 Å². The second-order valence-electron chi connectivity index (χ2n) is 13.7. The van der Waals surface area contributed by atoms with Crippen LogP contribution in [0.15, 0.2) is 217 Å². The van der Waals surface area contributed by atoms with Gasteiger partial charge in [0.2, 0.25) is 0 Å². The highest BCUT2D eigenvalue weighted by atomic mass is 16.3. The van der Waals surface area contributed by atoms with E-state index in [9.17, 15) is 0 Å². The molecule has 254 valence electrons. The van der Waals surface area contributed by atoms with Gasteiger partial charge in [-0.3, -0.25) is 0 Å². The summed E-state index contributed by atoms with van der Waals surface area (Å²) in [5, 5.41) is 4.68. The van der Waals surface area contributed by atoms with E-state index in [1.807, 2.05) is 0 Å². The standard InChI is InChI=1S/C52H35NO/c1-4-12-36(13-5-1)38-22-29-43(30-23-38)53(44-31-24-39(25-32-44)37-14-6-2-7-15-37)45-33-26-41(27-34-45)46-19-10-18-42-28-35-49-51(50(42)46)48-21-11-20-47(52(48)54-49)40-16-8-3-9-17-40/h1-35H. The van der Waals surface area contributed by atoms with Crippen LogP contribution in [0.25, 0.3) is 77.2 Å². The summed E-state index contributed by atoms with van der Waals surface area (Å²) in [5.74, 6) is 0. The fourth-order valence-corrected chi connectivity index (χ4v) is 7.86. The van der Waals surface area contributed by atoms with E-state index in [1.165, 1.54) is 38.6 Å². The number of anilines is 3. The number of rotatable bonds is 7. The number of fused-ring (bicyclic) bond motifs is 5. The molecule has 0 atom stereocenters. The van der Waals surface area contributed by atoms with Crippen LogP contribution >= 0.6 is 0 Å². The molecule has 0 N–H and O–H groups in total. The van der Waals surface area contributed by atoms with Gasteiger partial charge in [0.05, 0.1) is 0 Å². The van der Waals surface area contributed by atoms with Crippen molar-refractivity contribution in [3.63, 3.8) is 0 Å². The zero-order valence-electron chi connectivity index (χ0n) is 29.6. The van der Waals surface area contributed by atoms with Crippen molar-refractivity contribution in [2.75, 3.05) is 4.90 Å². The van der Waals surface area contributed by atoms with Crippen molar-refractivity contribution >= 4 is 49.8 Å². The third-order valence-electron chi connectivity index (χ3n) is 10.5. The van der Waals surface area contributed by atoms with Gasteiger partial charge in [-0.25, -0.2) is 0 Å². The van der Waals surface area contributed by atoms with Crippen LogP contribution in [-0.4, -0.2) is 0 Å². The van der Waals surface area contributed by atoms with Crippen molar-refractivity contribution < 1.29 is 4.42 Å². The number of benzene rings is 9. The van der Waals surface area contributed by atoms with Gasteiger partial charge in [0.25, 0.3) is 0 Å². The molecule has 0 spiro atoms. The number of hydrogen-bond donors (Lipinski definition) is 0. The Morgan fingerprint density at radius 2 is 0.741 bits per heavy atom. The molecule has 2 nitrogen and oxygen atoms in total. The maximum absolute atomic E-state index is 6.65. The Morgan fingerprint density at radius 1 is 0.296 bits per heavy atom. The van der Waals surface area contributed by atoms with Crippen molar-refractivity contribution in [1.29, 1.82) is 0 Å². The molecule has 1 aromatic heterocycles. The summed E-state index contributed by atoms with van der Waals surface area (Å²) in [7, 11) is 0. The molecule has 54 heavy (non-hydrogen) atoms. The summed E-state index contributed by atoms with van der Waals surface area (Å²) in [4.78, 5) is 2.34. The van der Waals surface area contributed by atoms with Crippen LogP contribution in [0, 0.1) is 0 Å². The van der Waals surface area contributed by atoms with E-state index in [0.29, 0.717) is 0 Å². The van der Waals surface area contributed by atoms with Gasteiger partial charge < -0.3 is 9.32 Å². The Kier molecular flexibility index (Phi) is 7.85. The van der Waals surface area contributed by atoms with Crippen molar-refractivity contribution in [2.24, 2.45) is 0 Å². The minimum Gasteiger partial charge on any atom is -0.455 e. The average molecular weight is 690 g/mol. The van der Waals surface area contributed by atoms with E-state index < -0.39 is 0 Å². The highest BCUT2D eigenvalue weighted by molar-refractivity contribution is 6.24. The van der Waals surface area contributed by atoms with Gasteiger partial charge >= 0.3 is 0 Å². The Balaban J connectivity index is 1.08. The molecular weight excluding hydrogens is 655 g/mol. The smallest absolute Gasteiger partial charge is 0.143 e. The maximum Gasteiger partial charge on any atom is 0.143 e. The van der Waals surface area contributed by atoms with E-state index in [-0.39, 0.29) is 0 Å². The Morgan fingerprint density at radius 3 is 1.30 bits per heavy atom. The van der Waals surface area contributed by atoms with Crippen LogP contribution in [-0.2, 0) is 0 Å². The van der Waals surface area contributed by atoms with E-state index >= 15 is 0 Å². The van der Waals surface area contributed by atoms with E-state index in [4.69, 9.17) is 4.42 Å². The Bertz CT molecular complexity index is 2790. The highest BCUT2D eigenvalue weighted by Crippen LogP contribution is 2.43. The number of hydrogen-bond acceptors (Lipinski definition) is 2. The zero-order valence-corrected chi connectivity index (χ0v) is 29.6. The average Bonchev–Trinajstić information content (AvgIpc) is 3.65. The fraction of sp³-hybridized carbons (Fsp3) is 0. The van der Waals surface area contributed by atoms with Crippen molar-refractivity contribution in [1.82, 2.24) is 0 Å². The second-order valence-corrected chi connectivity index (χ2v) is 13.7. The summed E-state index contributed by atoms with van der Waals surface area (Å²) < 4.78 is 6.65. The molecule has 10 aromatic rings. The summed E-state index contributed by atoms with van der Waals surface area (Å²) >= 11 is 0. The van der Waals surface area contributed by atoms with Crippen LogP contribution in [0.2, 0.25) is 0 Å². The molecule has 0 aliphatic heterocycles. The monoisotopic (exact) mass is 689 g/mol. The van der Waals surface area contributed by atoms with E-state index in [0.717, 1.165) is 55.7 Å². The first-order valence-electron chi connectivity index (χ1n) is 18.4. The van der Waals surface area contributed by atoms with Gasteiger partial charge in [-0.15, -0.1) is 0 Å². The molecule has 2 heteroatoms. The number of furan rings is 1. The van der Waals surface area contributed by atoms with Crippen LogP contribution in [0.4, 0.5) is 17.1 Å². The third kappa shape index (κ3) is 5.62. The largest absolute Gasteiger partial charge is 0.455 e. The van der Waals surface area contributed by atoms with Gasteiger partial charge in [-0.05, 0) is 86.8 Å². The number of para-hydroxylation sites is 1. The maximum atomic E-state index is 6.65.